The lowest BCUT2D eigenvalue weighted by Crippen LogP contribution is -2.29. The summed E-state index contributed by atoms with van der Waals surface area (Å²) in [6.45, 7) is 0. The molecule has 2 heterocycles. The van der Waals surface area contributed by atoms with Crippen LogP contribution < -0.4 is 9.62 Å². The fourth-order valence-electron chi connectivity index (χ4n) is 1.79. The third-order valence-corrected chi connectivity index (χ3v) is 2.53. The number of rotatable bonds is 1. The zero-order valence-electron chi connectivity index (χ0n) is 8.95. The first-order valence-corrected chi connectivity index (χ1v) is 5.26. The molecule has 17 heavy (non-hydrogen) atoms. The molecule has 3 rings (SSSR count). The van der Waals surface area contributed by atoms with E-state index in [0.717, 1.165) is 11.1 Å². The second-order valence-electron chi connectivity index (χ2n) is 3.64. The van der Waals surface area contributed by atoms with E-state index in [1.54, 1.807) is 10.7 Å². The summed E-state index contributed by atoms with van der Waals surface area (Å²) in [4.78, 5) is 3.98. The van der Waals surface area contributed by atoms with Crippen molar-refractivity contribution >= 4 is 5.52 Å². The summed E-state index contributed by atoms with van der Waals surface area (Å²) in [5.41, 5.74) is 2.39. The van der Waals surface area contributed by atoms with Crippen molar-refractivity contribution in [2.75, 3.05) is 0 Å². The Morgan fingerprint density at radius 3 is 2.53 bits per heavy atom. The van der Waals surface area contributed by atoms with Crippen LogP contribution in [0.15, 0.2) is 54.7 Å². The minimum atomic E-state index is -0.479. The van der Waals surface area contributed by atoms with Crippen LogP contribution in [0, 0.1) is 0 Å². The number of aromatic nitrogens is 3. The lowest BCUT2D eigenvalue weighted by Gasteiger charge is -2.04. The molecule has 2 aromatic heterocycles. The average molecular weight is 223 g/mol. The van der Waals surface area contributed by atoms with Crippen LogP contribution >= 0.6 is 0 Å². The van der Waals surface area contributed by atoms with Gasteiger partial charge in [0.05, 0.1) is 0 Å². The second-order valence-corrected chi connectivity index (χ2v) is 3.64. The van der Waals surface area contributed by atoms with Crippen LogP contribution in [-0.2, 0) is 0 Å². The molecule has 0 spiro atoms. The third kappa shape index (κ3) is 1.69. The zero-order valence-corrected chi connectivity index (χ0v) is 8.95. The van der Waals surface area contributed by atoms with Crippen LogP contribution in [0.3, 0.4) is 0 Å². The lowest BCUT2D eigenvalue weighted by molar-refractivity contribution is -0.589. The topological polar surface area (TPSA) is 52.9 Å². The van der Waals surface area contributed by atoms with E-state index in [9.17, 15) is 5.11 Å². The van der Waals surface area contributed by atoms with Crippen LogP contribution in [0.2, 0.25) is 0 Å². The molecule has 4 nitrogen and oxygen atoms in total. The van der Waals surface area contributed by atoms with Gasteiger partial charge in [-0.05, 0) is 10.6 Å². The molecule has 1 aromatic carbocycles. The summed E-state index contributed by atoms with van der Waals surface area (Å²) >= 11 is 0. The van der Waals surface area contributed by atoms with Crippen molar-refractivity contribution in [3.05, 3.63) is 54.7 Å². The molecule has 0 atom stereocenters. The van der Waals surface area contributed by atoms with E-state index in [0.29, 0.717) is 5.69 Å². The largest absolute Gasteiger partial charge is 0.840 e. The Labute approximate surface area is 97.8 Å². The van der Waals surface area contributed by atoms with Crippen molar-refractivity contribution < 1.29 is 9.62 Å². The van der Waals surface area contributed by atoms with E-state index in [1.807, 2.05) is 48.5 Å². The van der Waals surface area contributed by atoms with Crippen LogP contribution in [0.25, 0.3) is 16.8 Å². The van der Waals surface area contributed by atoms with Gasteiger partial charge in [-0.25, -0.2) is 4.98 Å². The van der Waals surface area contributed by atoms with Crippen molar-refractivity contribution in [2.24, 2.45) is 0 Å². The number of hydrogen-bond donors (Lipinski definition) is 0. The second kappa shape index (κ2) is 3.83. The van der Waals surface area contributed by atoms with Gasteiger partial charge in [-0.15, -0.1) is 0 Å². The lowest BCUT2D eigenvalue weighted by atomic mass is 10.1. The summed E-state index contributed by atoms with van der Waals surface area (Å²) in [5, 5.41) is 15.2. The van der Waals surface area contributed by atoms with Gasteiger partial charge in [-0.1, -0.05) is 30.3 Å². The van der Waals surface area contributed by atoms with Crippen LogP contribution in [0.5, 0.6) is 6.01 Å². The van der Waals surface area contributed by atoms with Crippen LogP contribution in [0.1, 0.15) is 0 Å². The minimum Gasteiger partial charge on any atom is -0.840 e. The number of nitrogens with zero attached hydrogens (tertiary/aromatic N) is 3. The highest BCUT2D eigenvalue weighted by atomic mass is 16.3. The van der Waals surface area contributed by atoms with Gasteiger partial charge >= 0.3 is 0 Å². The molecular formula is C13H9N3O. The maximum Gasteiger partial charge on any atom is 0.264 e. The first-order chi connectivity index (χ1) is 8.34. The highest BCUT2D eigenvalue weighted by Gasteiger charge is 2.12. The molecule has 3 aromatic rings. The van der Waals surface area contributed by atoms with Gasteiger partial charge in [0.25, 0.3) is 5.52 Å². The molecule has 0 aliphatic heterocycles. The van der Waals surface area contributed by atoms with Gasteiger partial charge in [0.15, 0.2) is 6.01 Å². The Kier molecular flexibility index (Phi) is 2.19. The number of fused-ring (bicyclic) bond motifs is 1. The monoisotopic (exact) mass is 223 g/mol. The molecule has 0 bridgehead atoms. The summed E-state index contributed by atoms with van der Waals surface area (Å²) in [7, 11) is 0. The zero-order chi connectivity index (χ0) is 11.7. The van der Waals surface area contributed by atoms with Gasteiger partial charge in [0.2, 0.25) is 6.20 Å². The molecule has 0 unspecified atom stereocenters. The minimum absolute atomic E-state index is 0.479. The first kappa shape index (κ1) is 9.72. The van der Waals surface area contributed by atoms with Gasteiger partial charge in [-0.2, -0.15) is 0 Å². The van der Waals surface area contributed by atoms with Gasteiger partial charge in [-0.3, -0.25) is 0 Å². The molecular weight excluding hydrogens is 214 g/mol. The Hall–Kier alpha value is -2.49. The maximum atomic E-state index is 11.4. The summed E-state index contributed by atoms with van der Waals surface area (Å²) in [6, 6.07) is 14.8. The maximum absolute atomic E-state index is 11.4. The van der Waals surface area contributed by atoms with Crippen LogP contribution in [0.4, 0.5) is 0 Å². The molecule has 0 amide bonds. The van der Waals surface area contributed by atoms with Crippen LogP contribution in [-0.4, -0.2) is 10.1 Å². The van der Waals surface area contributed by atoms with Gasteiger partial charge in [0.1, 0.15) is 5.69 Å². The predicted molar refractivity (Wildman–Crippen MR) is 60.1 cm³/mol. The number of benzene rings is 1. The van der Waals surface area contributed by atoms with E-state index < -0.39 is 6.01 Å². The van der Waals surface area contributed by atoms with Crippen molar-refractivity contribution in [3.8, 4) is 17.3 Å². The third-order valence-electron chi connectivity index (χ3n) is 2.53. The molecule has 0 N–H and O–H groups in total. The van der Waals surface area contributed by atoms with Crippen molar-refractivity contribution in [2.45, 2.75) is 0 Å². The highest BCUT2D eigenvalue weighted by Crippen LogP contribution is 2.19. The van der Waals surface area contributed by atoms with Crippen molar-refractivity contribution in [1.82, 2.24) is 10.1 Å². The van der Waals surface area contributed by atoms with Gasteiger partial charge in [0, 0.05) is 22.8 Å². The highest BCUT2D eigenvalue weighted by molar-refractivity contribution is 5.73. The fraction of sp³-hybridized carbons (Fsp3) is 0. The van der Waals surface area contributed by atoms with Crippen molar-refractivity contribution in [1.29, 1.82) is 0 Å². The molecule has 82 valence electrons. The Bertz CT molecular complexity index is 668. The molecule has 0 aliphatic carbocycles. The molecule has 0 radical (unpaired) electrons. The van der Waals surface area contributed by atoms with E-state index in [2.05, 4.69) is 10.1 Å². The van der Waals surface area contributed by atoms with E-state index in [-0.39, 0.29) is 0 Å². The van der Waals surface area contributed by atoms with E-state index in [4.69, 9.17) is 0 Å². The SMILES string of the molecule is [O-]c1nc(-c2ccccc2)c2cccc[n+]2n1. The number of hydrogen-bond acceptors (Lipinski definition) is 3. The molecule has 0 saturated carbocycles. The first-order valence-electron chi connectivity index (χ1n) is 5.26. The quantitative estimate of drug-likeness (QED) is 0.577. The average Bonchev–Trinajstić information content (AvgIpc) is 2.39. The molecule has 0 saturated heterocycles. The summed E-state index contributed by atoms with van der Waals surface area (Å²) < 4.78 is 1.55. The van der Waals surface area contributed by atoms with E-state index >= 15 is 0 Å². The number of pyridine rings is 1. The molecule has 4 heteroatoms. The van der Waals surface area contributed by atoms with Crippen molar-refractivity contribution in [3.63, 3.8) is 0 Å². The summed E-state index contributed by atoms with van der Waals surface area (Å²) in [5.74, 6) is 0. The molecule has 0 aliphatic rings. The van der Waals surface area contributed by atoms with Gasteiger partial charge < -0.3 is 5.11 Å². The fourth-order valence-corrected chi connectivity index (χ4v) is 1.79. The Balaban J connectivity index is 2.36. The Morgan fingerprint density at radius 1 is 0.941 bits per heavy atom. The smallest absolute Gasteiger partial charge is 0.264 e. The Morgan fingerprint density at radius 2 is 1.71 bits per heavy atom. The molecule has 0 fully saturated rings. The summed E-state index contributed by atoms with van der Waals surface area (Å²) in [6.07, 6.45) is 1.74. The van der Waals surface area contributed by atoms with E-state index in [1.165, 1.54) is 0 Å². The predicted octanol–water partition coefficient (Wildman–Crippen LogP) is 0.956. The normalized spacial score (nSPS) is 10.6. The standard InChI is InChI=1S/C13H9N3O/c17-13-14-12(10-6-2-1-3-7-10)11-8-4-5-9-16(11)15-13/h1-9H.